The molecule has 0 radical (unpaired) electrons. The van der Waals surface area contributed by atoms with Crippen LogP contribution in [0.2, 0.25) is 0 Å². The lowest BCUT2D eigenvalue weighted by molar-refractivity contribution is 0.321. The standard InChI is InChI=1S/C15H18BrFN2O/c1-4-20-13-7-5-6-12(15(13)17)19-11(8-10(2)3)9-14(16)18-19/h5-7,9-10H,4,8H2,1-3H3. The molecule has 0 aliphatic carbocycles. The van der Waals surface area contributed by atoms with Crippen molar-refractivity contribution in [3.63, 3.8) is 0 Å². The molecule has 1 heterocycles. The first-order chi connectivity index (χ1) is 9.52. The van der Waals surface area contributed by atoms with Crippen LogP contribution in [0.15, 0.2) is 28.9 Å². The molecule has 0 saturated heterocycles. The normalized spacial score (nSPS) is 11.1. The van der Waals surface area contributed by atoms with Gasteiger partial charge in [0.25, 0.3) is 0 Å². The van der Waals surface area contributed by atoms with Crippen molar-refractivity contribution in [2.75, 3.05) is 6.61 Å². The van der Waals surface area contributed by atoms with Crippen molar-refractivity contribution >= 4 is 15.9 Å². The number of aromatic nitrogens is 2. The summed E-state index contributed by atoms with van der Waals surface area (Å²) in [4.78, 5) is 0. The zero-order valence-corrected chi connectivity index (χ0v) is 13.4. The fourth-order valence-corrected chi connectivity index (χ4v) is 2.51. The molecule has 0 saturated carbocycles. The van der Waals surface area contributed by atoms with Crippen LogP contribution in [0.5, 0.6) is 5.75 Å². The molecule has 1 aromatic carbocycles. The molecule has 2 aromatic rings. The van der Waals surface area contributed by atoms with E-state index in [1.807, 2.05) is 13.0 Å². The third-order valence-electron chi connectivity index (χ3n) is 2.84. The van der Waals surface area contributed by atoms with Gasteiger partial charge in [0.15, 0.2) is 11.6 Å². The Morgan fingerprint density at radius 2 is 2.15 bits per heavy atom. The number of rotatable bonds is 5. The van der Waals surface area contributed by atoms with Crippen LogP contribution in [-0.2, 0) is 6.42 Å². The minimum absolute atomic E-state index is 0.257. The van der Waals surface area contributed by atoms with Crippen molar-refractivity contribution in [1.82, 2.24) is 9.78 Å². The third-order valence-corrected chi connectivity index (χ3v) is 3.23. The minimum Gasteiger partial charge on any atom is -0.491 e. The molecular formula is C15H18BrFN2O. The van der Waals surface area contributed by atoms with Crippen molar-refractivity contribution in [2.24, 2.45) is 5.92 Å². The minimum atomic E-state index is -0.380. The van der Waals surface area contributed by atoms with Gasteiger partial charge in [-0.15, -0.1) is 0 Å². The Kier molecular flexibility index (Phi) is 4.81. The van der Waals surface area contributed by atoms with Crippen LogP contribution in [0, 0.1) is 11.7 Å². The van der Waals surface area contributed by atoms with Gasteiger partial charge in [-0.05, 0) is 53.4 Å². The van der Waals surface area contributed by atoms with Crippen LogP contribution >= 0.6 is 15.9 Å². The van der Waals surface area contributed by atoms with Crippen molar-refractivity contribution < 1.29 is 9.13 Å². The number of hydrogen-bond donors (Lipinski definition) is 0. The maximum atomic E-state index is 14.5. The van der Waals surface area contributed by atoms with Gasteiger partial charge in [0.1, 0.15) is 10.3 Å². The van der Waals surface area contributed by atoms with Crippen molar-refractivity contribution in [3.8, 4) is 11.4 Å². The van der Waals surface area contributed by atoms with Crippen molar-refractivity contribution in [3.05, 3.63) is 40.4 Å². The molecule has 0 fully saturated rings. The maximum Gasteiger partial charge on any atom is 0.190 e. The number of ether oxygens (including phenoxy) is 1. The highest BCUT2D eigenvalue weighted by atomic mass is 79.9. The average Bonchev–Trinajstić information content (AvgIpc) is 2.72. The van der Waals surface area contributed by atoms with E-state index in [-0.39, 0.29) is 11.6 Å². The lowest BCUT2D eigenvalue weighted by Gasteiger charge is -2.12. The Hall–Kier alpha value is -1.36. The third kappa shape index (κ3) is 3.20. The predicted octanol–water partition coefficient (Wildman–Crippen LogP) is 4.37. The summed E-state index contributed by atoms with van der Waals surface area (Å²) < 4.78 is 22.1. The molecule has 0 atom stereocenters. The molecule has 0 N–H and O–H groups in total. The van der Waals surface area contributed by atoms with Crippen LogP contribution in [0.25, 0.3) is 5.69 Å². The van der Waals surface area contributed by atoms with Gasteiger partial charge in [-0.2, -0.15) is 5.10 Å². The summed E-state index contributed by atoms with van der Waals surface area (Å²) in [5.74, 6) is 0.345. The second-order valence-electron chi connectivity index (χ2n) is 4.99. The Balaban J connectivity index is 2.48. The van der Waals surface area contributed by atoms with Crippen LogP contribution < -0.4 is 4.74 Å². The SMILES string of the molecule is CCOc1cccc(-n2nc(Br)cc2CC(C)C)c1F. The first-order valence-electron chi connectivity index (χ1n) is 6.69. The first-order valence-corrected chi connectivity index (χ1v) is 7.48. The fourth-order valence-electron chi connectivity index (χ4n) is 2.09. The van der Waals surface area contributed by atoms with E-state index in [0.717, 1.165) is 12.1 Å². The fraction of sp³-hybridized carbons (Fsp3) is 0.400. The van der Waals surface area contributed by atoms with Gasteiger partial charge in [0.2, 0.25) is 0 Å². The molecule has 2 rings (SSSR count). The van der Waals surface area contributed by atoms with E-state index < -0.39 is 0 Å². The molecular weight excluding hydrogens is 323 g/mol. The second-order valence-corrected chi connectivity index (χ2v) is 5.80. The monoisotopic (exact) mass is 340 g/mol. The highest BCUT2D eigenvalue weighted by molar-refractivity contribution is 9.10. The summed E-state index contributed by atoms with van der Waals surface area (Å²) in [5, 5.41) is 4.33. The van der Waals surface area contributed by atoms with Crippen LogP contribution in [0.3, 0.4) is 0 Å². The van der Waals surface area contributed by atoms with E-state index in [1.165, 1.54) is 0 Å². The summed E-state index contributed by atoms with van der Waals surface area (Å²) in [5.41, 5.74) is 1.39. The van der Waals surface area contributed by atoms with E-state index >= 15 is 0 Å². The van der Waals surface area contributed by atoms with E-state index in [4.69, 9.17) is 4.74 Å². The molecule has 0 amide bonds. The molecule has 0 unspecified atom stereocenters. The highest BCUT2D eigenvalue weighted by Crippen LogP contribution is 2.26. The van der Waals surface area contributed by atoms with Gasteiger partial charge in [0.05, 0.1) is 6.61 Å². The summed E-state index contributed by atoms with van der Waals surface area (Å²) in [6.45, 7) is 6.51. The molecule has 0 spiro atoms. The molecule has 0 aliphatic heterocycles. The molecule has 20 heavy (non-hydrogen) atoms. The Morgan fingerprint density at radius 1 is 1.40 bits per heavy atom. The average molecular weight is 341 g/mol. The van der Waals surface area contributed by atoms with Gasteiger partial charge in [-0.1, -0.05) is 19.9 Å². The topological polar surface area (TPSA) is 27.1 Å². The number of hydrogen-bond acceptors (Lipinski definition) is 2. The molecule has 1 aromatic heterocycles. The zero-order valence-electron chi connectivity index (χ0n) is 11.9. The lowest BCUT2D eigenvalue weighted by Crippen LogP contribution is -2.08. The largest absolute Gasteiger partial charge is 0.491 e. The number of halogens is 2. The van der Waals surface area contributed by atoms with Gasteiger partial charge >= 0.3 is 0 Å². The highest BCUT2D eigenvalue weighted by Gasteiger charge is 2.16. The van der Waals surface area contributed by atoms with Gasteiger partial charge in [-0.3, -0.25) is 0 Å². The number of nitrogens with zero attached hydrogens (tertiary/aromatic N) is 2. The van der Waals surface area contributed by atoms with Crippen LogP contribution in [0.1, 0.15) is 26.5 Å². The van der Waals surface area contributed by atoms with E-state index in [0.29, 0.717) is 22.8 Å². The molecule has 3 nitrogen and oxygen atoms in total. The summed E-state index contributed by atoms with van der Waals surface area (Å²) >= 11 is 3.36. The molecule has 108 valence electrons. The van der Waals surface area contributed by atoms with Gasteiger partial charge < -0.3 is 4.74 Å². The second kappa shape index (κ2) is 6.39. The van der Waals surface area contributed by atoms with Crippen molar-refractivity contribution in [2.45, 2.75) is 27.2 Å². The van der Waals surface area contributed by atoms with Gasteiger partial charge in [0, 0.05) is 5.69 Å². The molecule has 0 aliphatic rings. The summed E-state index contributed by atoms with van der Waals surface area (Å²) in [6, 6.07) is 7.04. The van der Waals surface area contributed by atoms with E-state index in [2.05, 4.69) is 34.9 Å². The van der Waals surface area contributed by atoms with Crippen LogP contribution in [-0.4, -0.2) is 16.4 Å². The Labute approximate surface area is 126 Å². The van der Waals surface area contributed by atoms with Gasteiger partial charge in [-0.25, -0.2) is 9.07 Å². The summed E-state index contributed by atoms with van der Waals surface area (Å²) in [6.07, 6.45) is 0.830. The summed E-state index contributed by atoms with van der Waals surface area (Å²) in [7, 11) is 0. The first kappa shape index (κ1) is 15.0. The smallest absolute Gasteiger partial charge is 0.190 e. The predicted molar refractivity (Wildman–Crippen MR) is 80.9 cm³/mol. The van der Waals surface area contributed by atoms with E-state index in [1.54, 1.807) is 22.9 Å². The van der Waals surface area contributed by atoms with E-state index in [9.17, 15) is 4.39 Å². The molecule has 0 bridgehead atoms. The zero-order chi connectivity index (χ0) is 14.7. The molecule has 5 heteroatoms. The lowest BCUT2D eigenvalue weighted by atomic mass is 10.1. The Bertz CT molecular complexity index is 596. The number of benzene rings is 1. The Morgan fingerprint density at radius 3 is 2.80 bits per heavy atom. The van der Waals surface area contributed by atoms with Crippen molar-refractivity contribution in [1.29, 1.82) is 0 Å². The maximum absolute atomic E-state index is 14.5. The quantitative estimate of drug-likeness (QED) is 0.807. The van der Waals surface area contributed by atoms with Crippen LogP contribution in [0.4, 0.5) is 4.39 Å².